The lowest BCUT2D eigenvalue weighted by Crippen LogP contribution is -2.27. The van der Waals surface area contributed by atoms with Gasteiger partial charge in [0.2, 0.25) is 0 Å². The highest BCUT2D eigenvalue weighted by Crippen LogP contribution is 2.20. The fourth-order valence-electron chi connectivity index (χ4n) is 2.12. The molecular weight excluding hydrogens is 240 g/mol. The highest BCUT2D eigenvalue weighted by molar-refractivity contribution is 5.96. The summed E-state index contributed by atoms with van der Waals surface area (Å²) in [5.41, 5.74) is 1.98. The van der Waals surface area contributed by atoms with Crippen LogP contribution in [0.15, 0.2) is 30.5 Å². The van der Waals surface area contributed by atoms with Crippen molar-refractivity contribution in [2.24, 2.45) is 0 Å². The number of benzene rings is 1. The van der Waals surface area contributed by atoms with E-state index in [0.29, 0.717) is 6.61 Å². The minimum atomic E-state index is -0.430. The highest BCUT2D eigenvalue weighted by atomic mass is 16.5. The van der Waals surface area contributed by atoms with Crippen LogP contribution in [0.3, 0.4) is 0 Å². The van der Waals surface area contributed by atoms with E-state index < -0.39 is 6.10 Å². The lowest BCUT2D eigenvalue weighted by atomic mass is 10.2. The van der Waals surface area contributed by atoms with Gasteiger partial charge in [-0.05, 0) is 45.0 Å². The summed E-state index contributed by atoms with van der Waals surface area (Å²) in [4.78, 5) is 11.9. The monoisotopic (exact) mass is 260 g/mol. The van der Waals surface area contributed by atoms with E-state index in [1.54, 1.807) is 6.92 Å². The molecular formula is C15H20N2O2. The Labute approximate surface area is 113 Å². The van der Waals surface area contributed by atoms with Crippen molar-refractivity contribution in [1.29, 1.82) is 0 Å². The maximum atomic E-state index is 11.9. The summed E-state index contributed by atoms with van der Waals surface area (Å²) in [5.74, 6) is -0.115. The molecule has 1 aromatic heterocycles. The van der Waals surface area contributed by atoms with Crippen LogP contribution >= 0.6 is 0 Å². The first-order valence-electron chi connectivity index (χ1n) is 6.67. The molecule has 1 unspecified atom stereocenters. The van der Waals surface area contributed by atoms with E-state index in [1.807, 2.05) is 25.1 Å². The number of fused-ring (bicyclic) bond motifs is 1. The van der Waals surface area contributed by atoms with E-state index in [2.05, 4.69) is 29.1 Å². The van der Waals surface area contributed by atoms with Crippen LogP contribution in [0.5, 0.6) is 0 Å². The van der Waals surface area contributed by atoms with Crippen molar-refractivity contribution in [2.75, 3.05) is 11.9 Å². The third kappa shape index (κ3) is 2.96. The molecule has 0 saturated heterocycles. The molecule has 0 aliphatic carbocycles. The van der Waals surface area contributed by atoms with Crippen molar-refractivity contribution < 1.29 is 9.53 Å². The summed E-state index contributed by atoms with van der Waals surface area (Å²) < 4.78 is 7.44. The van der Waals surface area contributed by atoms with E-state index in [4.69, 9.17) is 4.74 Å². The Morgan fingerprint density at radius 2 is 2.16 bits per heavy atom. The first-order valence-corrected chi connectivity index (χ1v) is 6.67. The lowest BCUT2D eigenvalue weighted by molar-refractivity contribution is -0.126. The van der Waals surface area contributed by atoms with E-state index in [-0.39, 0.29) is 5.91 Å². The molecule has 1 N–H and O–H groups in total. The first-order chi connectivity index (χ1) is 9.15. The van der Waals surface area contributed by atoms with E-state index in [1.165, 1.54) is 5.52 Å². The molecule has 102 valence electrons. The van der Waals surface area contributed by atoms with Crippen molar-refractivity contribution in [1.82, 2.24) is 4.57 Å². The predicted octanol–water partition coefficient (Wildman–Crippen LogP) is 3.02. The Morgan fingerprint density at radius 1 is 1.37 bits per heavy atom. The minimum Gasteiger partial charge on any atom is -0.369 e. The molecule has 1 heterocycles. The van der Waals surface area contributed by atoms with Crippen molar-refractivity contribution in [3.8, 4) is 0 Å². The maximum absolute atomic E-state index is 11.9. The smallest absolute Gasteiger partial charge is 0.253 e. The van der Waals surface area contributed by atoms with Crippen LogP contribution in [0.25, 0.3) is 10.9 Å². The van der Waals surface area contributed by atoms with Crippen LogP contribution in [0.2, 0.25) is 0 Å². The number of carbonyl (C=O) groups excluding carboxylic acids is 1. The number of aromatic nitrogens is 1. The fraction of sp³-hybridized carbons (Fsp3) is 0.400. The number of hydrogen-bond acceptors (Lipinski definition) is 2. The van der Waals surface area contributed by atoms with Gasteiger partial charge >= 0.3 is 0 Å². The van der Waals surface area contributed by atoms with Gasteiger partial charge in [-0.1, -0.05) is 0 Å². The standard InChI is InChI=1S/C15H20N2O2/c1-4-17-9-8-12-10-13(6-7-14(12)17)16-15(18)11(3)19-5-2/h6-11H,4-5H2,1-3H3,(H,16,18). The van der Waals surface area contributed by atoms with Gasteiger partial charge in [-0.15, -0.1) is 0 Å². The lowest BCUT2D eigenvalue weighted by Gasteiger charge is -2.12. The first kappa shape index (κ1) is 13.6. The minimum absolute atomic E-state index is 0.115. The maximum Gasteiger partial charge on any atom is 0.253 e. The molecule has 1 atom stereocenters. The number of ether oxygens (including phenoxy) is 1. The zero-order chi connectivity index (χ0) is 13.8. The summed E-state index contributed by atoms with van der Waals surface area (Å²) in [6, 6.07) is 7.99. The van der Waals surface area contributed by atoms with Gasteiger partial charge in [0.15, 0.2) is 0 Å². The van der Waals surface area contributed by atoms with Gasteiger partial charge in [0.25, 0.3) is 5.91 Å². The topological polar surface area (TPSA) is 43.3 Å². The van der Waals surface area contributed by atoms with Gasteiger partial charge < -0.3 is 14.6 Å². The van der Waals surface area contributed by atoms with E-state index in [9.17, 15) is 4.79 Å². The second-order valence-electron chi connectivity index (χ2n) is 4.46. The second-order valence-corrected chi connectivity index (χ2v) is 4.46. The van der Waals surface area contributed by atoms with Crippen LogP contribution in [-0.4, -0.2) is 23.2 Å². The summed E-state index contributed by atoms with van der Waals surface area (Å²) in [5, 5.41) is 4.00. The Hall–Kier alpha value is -1.81. The van der Waals surface area contributed by atoms with Gasteiger partial charge in [0.05, 0.1) is 0 Å². The molecule has 4 heteroatoms. The molecule has 0 aliphatic rings. The third-order valence-electron chi connectivity index (χ3n) is 3.17. The van der Waals surface area contributed by atoms with Gasteiger partial charge in [0.1, 0.15) is 6.10 Å². The normalized spacial score (nSPS) is 12.6. The largest absolute Gasteiger partial charge is 0.369 e. The molecule has 0 saturated carbocycles. The Kier molecular flexibility index (Phi) is 4.22. The Balaban J connectivity index is 2.15. The summed E-state index contributed by atoms with van der Waals surface area (Å²) >= 11 is 0. The Bertz CT molecular complexity index is 575. The molecule has 1 amide bonds. The molecule has 0 aliphatic heterocycles. The number of hydrogen-bond donors (Lipinski definition) is 1. The molecule has 2 rings (SSSR count). The van der Waals surface area contributed by atoms with Gasteiger partial charge in [-0.3, -0.25) is 4.79 Å². The SMILES string of the molecule is CCOC(C)C(=O)Nc1ccc2c(ccn2CC)c1. The number of aryl methyl sites for hydroxylation is 1. The molecule has 19 heavy (non-hydrogen) atoms. The summed E-state index contributed by atoms with van der Waals surface area (Å²) in [7, 11) is 0. The number of rotatable bonds is 5. The molecule has 4 nitrogen and oxygen atoms in total. The highest BCUT2D eigenvalue weighted by Gasteiger charge is 2.12. The van der Waals surface area contributed by atoms with Crippen LogP contribution < -0.4 is 5.32 Å². The number of nitrogens with zero attached hydrogens (tertiary/aromatic N) is 1. The van der Waals surface area contributed by atoms with Crippen molar-refractivity contribution in [2.45, 2.75) is 33.4 Å². The van der Waals surface area contributed by atoms with Gasteiger partial charge in [-0.25, -0.2) is 0 Å². The molecule has 0 fully saturated rings. The molecule has 1 aromatic carbocycles. The number of amides is 1. The molecule has 0 radical (unpaired) electrons. The van der Waals surface area contributed by atoms with Gasteiger partial charge in [0, 0.05) is 35.9 Å². The average Bonchev–Trinajstić information content (AvgIpc) is 2.81. The number of anilines is 1. The Morgan fingerprint density at radius 3 is 2.84 bits per heavy atom. The van der Waals surface area contributed by atoms with Crippen molar-refractivity contribution >= 4 is 22.5 Å². The number of carbonyl (C=O) groups is 1. The molecule has 2 aromatic rings. The van der Waals surface area contributed by atoms with Crippen LogP contribution in [-0.2, 0) is 16.1 Å². The summed E-state index contributed by atoms with van der Waals surface area (Å²) in [6.07, 6.45) is 1.62. The molecule has 0 spiro atoms. The second kappa shape index (κ2) is 5.89. The van der Waals surface area contributed by atoms with E-state index >= 15 is 0 Å². The zero-order valence-corrected chi connectivity index (χ0v) is 11.6. The predicted molar refractivity (Wildman–Crippen MR) is 77.3 cm³/mol. The van der Waals surface area contributed by atoms with Crippen LogP contribution in [0, 0.1) is 0 Å². The third-order valence-corrected chi connectivity index (χ3v) is 3.17. The molecule has 0 bridgehead atoms. The van der Waals surface area contributed by atoms with Gasteiger partial charge in [-0.2, -0.15) is 0 Å². The number of nitrogens with one attached hydrogen (secondary N) is 1. The van der Waals surface area contributed by atoms with E-state index in [0.717, 1.165) is 17.6 Å². The fourth-order valence-corrected chi connectivity index (χ4v) is 2.12. The average molecular weight is 260 g/mol. The van der Waals surface area contributed by atoms with Crippen molar-refractivity contribution in [3.63, 3.8) is 0 Å². The zero-order valence-electron chi connectivity index (χ0n) is 11.6. The quantitative estimate of drug-likeness (QED) is 0.898. The van der Waals surface area contributed by atoms with Crippen LogP contribution in [0.1, 0.15) is 20.8 Å². The summed E-state index contributed by atoms with van der Waals surface area (Å²) in [6.45, 7) is 7.22. The van der Waals surface area contributed by atoms with Crippen molar-refractivity contribution in [3.05, 3.63) is 30.5 Å². The van der Waals surface area contributed by atoms with Crippen LogP contribution in [0.4, 0.5) is 5.69 Å².